The number of amides is 1. The van der Waals surface area contributed by atoms with Gasteiger partial charge in [0.2, 0.25) is 5.91 Å². The van der Waals surface area contributed by atoms with Gasteiger partial charge in [-0.15, -0.1) is 0 Å². The standard InChI is InChI=1S/C29H35F3N2O5/c1-3-39-26(37)23-17-34(24(35)15-22(23)21-9-5-4-6-10-21)19-28(38)13-14-33(18-27(28)11-7-8-12-27)25(36)20(2)16-29(30,31)32/h4-6,9-10,15,17,20,38H,3,7-8,11-14,16,18-19H2,1-2H3/t20-,28?/m1/s1. The molecule has 1 amide bonds. The summed E-state index contributed by atoms with van der Waals surface area (Å²) < 4.78 is 45.4. The zero-order valence-electron chi connectivity index (χ0n) is 22.3. The van der Waals surface area contributed by atoms with Crippen molar-refractivity contribution in [1.82, 2.24) is 9.47 Å². The molecule has 2 atom stereocenters. The van der Waals surface area contributed by atoms with Crippen molar-refractivity contribution in [3.8, 4) is 11.1 Å². The molecule has 4 rings (SSSR count). The number of aromatic nitrogens is 1. The zero-order chi connectivity index (χ0) is 28.4. The van der Waals surface area contributed by atoms with E-state index in [1.165, 1.54) is 28.7 Å². The van der Waals surface area contributed by atoms with Crippen LogP contribution >= 0.6 is 0 Å². The molecule has 2 aromatic rings. The number of nitrogens with zero attached hydrogens (tertiary/aromatic N) is 2. The van der Waals surface area contributed by atoms with Crippen molar-refractivity contribution >= 4 is 11.9 Å². The first kappa shape index (κ1) is 28.9. The summed E-state index contributed by atoms with van der Waals surface area (Å²) in [5.41, 5.74) is -1.26. The van der Waals surface area contributed by atoms with Crippen molar-refractivity contribution in [2.45, 2.75) is 70.7 Å². The number of aliphatic hydroxyl groups is 1. The van der Waals surface area contributed by atoms with Gasteiger partial charge < -0.3 is 19.3 Å². The van der Waals surface area contributed by atoms with E-state index in [1.807, 2.05) is 6.07 Å². The van der Waals surface area contributed by atoms with E-state index in [-0.39, 0.29) is 38.2 Å². The van der Waals surface area contributed by atoms with Crippen LogP contribution in [0.1, 0.15) is 62.7 Å². The highest BCUT2D eigenvalue weighted by Gasteiger charge is 2.56. The van der Waals surface area contributed by atoms with Crippen LogP contribution in [0.2, 0.25) is 0 Å². The van der Waals surface area contributed by atoms with Gasteiger partial charge >= 0.3 is 12.1 Å². The third-order valence-corrected chi connectivity index (χ3v) is 8.25. The fraction of sp³-hybridized carbons (Fsp3) is 0.552. The molecule has 1 aliphatic carbocycles. The average molecular weight is 549 g/mol. The first-order chi connectivity index (χ1) is 18.4. The van der Waals surface area contributed by atoms with Crippen molar-refractivity contribution in [2.75, 3.05) is 19.7 Å². The number of ether oxygens (including phenoxy) is 1. The molecule has 2 aliphatic rings. The maximum Gasteiger partial charge on any atom is 0.389 e. The highest BCUT2D eigenvalue weighted by molar-refractivity contribution is 5.96. The first-order valence-corrected chi connectivity index (χ1v) is 13.4. The first-order valence-electron chi connectivity index (χ1n) is 13.4. The molecule has 10 heteroatoms. The van der Waals surface area contributed by atoms with Gasteiger partial charge in [0.1, 0.15) is 0 Å². The Morgan fingerprint density at radius 1 is 1.13 bits per heavy atom. The minimum Gasteiger partial charge on any atom is -0.462 e. The number of halogens is 3. The molecule has 1 saturated carbocycles. The molecule has 1 N–H and O–H groups in total. The van der Waals surface area contributed by atoms with Gasteiger partial charge in [-0.3, -0.25) is 9.59 Å². The maximum atomic E-state index is 13.3. The molecular weight excluding hydrogens is 513 g/mol. The monoisotopic (exact) mass is 548 g/mol. The third kappa shape index (κ3) is 6.05. The Labute approximate surface area is 225 Å². The summed E-state index contributed by atoms with van der Waals surface area (Å²) in [6.45, 7) is 3.23. The van der Waals surface area contributed by atoms with Gasteiger partial charge in [-0.05, 0) is 31.7 Å². The molecular formula is C29H35F3N2O5. The summed E-state index contributed by atoms with van der Waals surface area (Å²) in [7, 11) is 0. The molecule has 1 saturated heterocycles. The number of hydrogen-bond acceptors (Lipinski definition) is 5. The summed E-state index contributed by atoms with van der Waals surface area (Å²) in [5.74, 6) is -2.38. The van der Waals surface area contributed by atoms with Crippen molar-refractivity contribution in [3.63, 3.8) is 0 Å². The molecule has 1 aliphatic heterocycles. The molecule has 1 aromatic heterocycles. The molecule has 0 radical (unpaired) electrons. The van der Waals surface area contributed by atoms with Gasteiger partial charge in [0.05, 0.1) is 30.7 Å². The lowest BCUT2D eigenvalue weighted by atomic mass is 9.65. The fourth-order valence-electron chi connectivity index (χ4n) is 6.24. The molecule has 2 fully saturated rings. The Kier molecular flexibility index (Phi) is 8.25. The van der Waals surface area contributed by atoms with Crippen LogP contribution in [0.3, 0.4) is 0 Å². The van der Waals surface area contributed by atoms with Crippen LogP contribution in [0.4, 0.5) is 13.2 Å². The van der Waals surface area contributed by atoms with Crippen molar-refractivity contribution in [2.24, 2.45) is 11.3 Å². The topological polar surface area (TPSA) is 88.8 Å². The Balaban J connectivity index is 1.66. The third-order valence-electron chi connectivity index (χ3n) is 8.25. The van der Waals surface area contributed by atoms with Gasteiger partial charge in [-0.2, -0.15) is 13.2 Å². The number of rotatable bonds is 7. The van der Waals surface area contributed by atoms with E-state index in [4.69, 9.17) is 4.74 Å². The lowest BCUT2D eigenvalue weighted by Crippen LogP contribution is -2.62. The SMILES string of the molecule is CCOC(=O)c1cn(CC2(O)CCN(C(=O)[C@H](C)CC(F)(F)F)CC23CCCC3)c(=O)cc1-c1ccccc1. The quantitative estimate of drug-likeness (QED) is 0.502. The predicted molar refractivity (Wildman–Crippen MR) is 139 cm³/mol. The number of carbonyl (C=O) groups excluding carboxylic acids is 2. The number of piperidine rings is 1. The molecule has 39 heavy (non-hydrogen) atoms. The number of alkyl halides is 3. The molecule has 1 aromatic carbocycles. The van der Waals surface area contributed by atoms with Crippen molar-refractivity contribution in [3.05, 3.63) is 58.5 Å². The van der Waals surface area contributed by atoms with Gasteiger partial charge in [-0.25, -0.2) is 4.79 Å². The van der Waals surface area contributed by atoms with Crippen LogP contribution in [0, 0.1) is 11.3 Å². The van der Waals surface area contributed by atoms with E-state index in [9.17, 15) is 32.7 Å². The number of hydrogen-bond donors (Lipinski definition) is 1. The summed E-state index contributed by atoms with van der Waals surface area (Å²) in [4.78, 5) is 40.5. The van der Waals surface area contributed by atoms with Crippen LogP contribution in [-0.4, -0.2) is 57.9 Å². The highest BCUT2D eigenvalue weighted by Crippen LogP contribution is 2.52. The van der Waals surface area contributed by atoms with Crippen LogP contribution in [-0.2, 0) is 16.1 Å². The number of carbonyl (C=O) groups is 2. The summed E-state index contributed by atoms with van der Waals surface area (Å²) in [5, 5.41) is 12.0. The lowest BCUT2D eigenvalue weighted by Gasteiger charge is -2.52. The van der Waals surface area contributed by atoms with Crippen molar-refractivity contribution in [1.29, 1.82) is 0 Å². The van der Waals surface area contributed by atoms with Crippen LogP contribution in [0.25, 0.3) is 11.1 Å². The Hall–Kier alpha value is -3.14. The predicted octanol–water partition coefficient (Wildman–Crippen LogP) is 4.80. The van der Waals surface area contributed by atoms with Crippen LogP contribution < -0.4 is 5.56 Å². The Bertz CT molecular complexity index is 1250. The van der Waals surface area contributed by atoms with E-state index in [1.54, 1.807) is 31.2 Å². The van der Waals surface area contributed by atoms with Gasteiger partial charge in [0.15, 0.2) is 0 Å². The Morgan fingerprint density at radius 2 is 1.79 bits per heavy atom. The van der Waals surface area contributed by atoms with E-state index < -0.39 is 47.0 Å². The number of esters is 1. The van der Waals surface area contributed by atoms with E-state index >= 15 is 0 Å². The van der Waals surface area contributed by atoms with Gasteiger partial charge in [-0.1, -0.05) is 50.1 Å². The molecule has 1 spiro atoms. The second-order valence-corrected chi connectivity index (χ2v) is 10.9. The minimum absolute atomic E-state index is 0.0842. The Morgan fingerprint density at radius 3 is 2.41 bits per heavy atom. The molecule has 2 heterocycles. The second kappa shape index (κ2) is 11.2. The minimum atomic E-state index is -4.44. The molecule has 7 nitrogen and oxygen atoms in total. The zero-order valence-corrected chi connectivity index (χ0v) is 22.3. The number of benzene rings is 1. The fourth-order valence-corrected chi connectivity index (χ4v) is 6.24. The van der Waals surface area contributed by atoms with Gasteiger partial charge in [0, 0.05) is 42.2 Å². The van der Waals surface area contributed by atoms with E-state index in [0.29, 0.717) is 24.0 Å². The molecule has 1 unspecified atom stereocenters. The maximum absolute atomic E-state index is 13.3. The highest BCUT2D eigenvalue weighted by atomic mass is 19.4. The number of pyridine rings is 1. The summed E-state index contributed by atoms with van der Waals surface area (Å²) in [6.07, 6.45) is -1.33. The molecule has 212 valence electrons. The smallest absolute Gasteiger partial charge is 0.389 e. The summed E-state index contributed by atoms with van der Waals surface area (Å²) >= 11 is 0. The van der Waals surface area contributed by atoms with E-state index in [0.717, 1.165) is 12.8 Å². The average Bonchev–Trinajstić information content (AvgIpc) is 3.36. The second-order valence-electron chi connectivity index (χ2n) is 10.9. The summed E-state index contributed by atoms with van der Waals surface area (Å²) in [6, 6.07) is 10.4. The van der Waals surface area contributed by atoms with Crippen LogP contribution in [0.5, 0.6) is 0 Å². The van der Waals surface area contributed by atoms with Crippen LogP contribution in [0.15, 0.2) is 47.4 Å². The lowest BCUT2D eigenvalue weighted by molar-refractivity contribution is -0.172. The largest absolute Gasteiger partial charge is 0.462 e. The van der Waals surface area contributed by atoms with Crippen molar-refractivity contribution < 1.29 is 32.6 Å². The number of likely N-dealkylation sites (tertiary alicyclic amines) is 1. The van der Waals surface area contributed by atoms with Gasteiger partial charge in [0.25, 0.3) is 5.56 Å². The normalized spacial score (nSPS) is 21.6. The molecule has 0 bridgehead atoms. The van der Waals surface area contributed by atoms with E-state index in [2.05, 4.69) is 0 Å².